The Hall–Kier alpha value is -4.13. The average molecular weight is 488 g/mol. The summed E-state index contributed by atoms with van der Waals surface area (Å²) in [5, 5.41) is 11.1. The van der Waals surface area contributed by atoms with Crippen molar-refractivity contribution in [1.82, 2.24) is 26.3 Å². The number of nitrogens with two attached hydrogens (primary N) is 3. The molecule has 0 spiro atoms. The number of carbonyl (C=O) groups is 4. The van der Waals surface area contributed by atoms with Crippen molar-refractivity contribution in [1.29, 1.82) is 0 Å². The maximum Gasteiger partial charge on any atom is 0.243 e. The van der Waals surface area contributed by atoms with Crippen LogP contribution in [0, 0.1) is 0 Å². The van der Waals surface area contributed by atoms with Gasteiger partial charge in [-0.05, 0) is 24.5 Å². The van der Waals surface area contributed by atoms with Gasteiger partial charge < -0.3 is 43.5 Å². The number of likely N-dealkylation sites (N-methyl/N-ethyl adjacent to an activating group) is 1. The van der Waals surface area contributed by atoms with Crippen LogP contribution in [-0.4, -0.2) is 73.3 Å². The van der Waals surface area contributed by atoms with Gasteiger partial charge in [0.15, 0.2) is 5.96 Å². The van der Waals surface area contributed by atoms with Crippen molar-refractivity contribution in [3.05, 3.63) is 36.0 Å². The zero-order chi connectivity index (χ0) is 25.8. The van der Waals surface area contributed by atoms with E-state index in [1.165, 1.54) is 7.05 Å². The first-order valence-corrected chi connectivity index (χ1v) is 11.1. The third-order valence-corrected chi connectivity index (χ3v) is 5.20. The Morgan fingerprint density at radius 3 is 2.43 bits per heavy atom. The average Bonchev–Trinajstić information content (AvgIpc) is 3.25. The van der Waals surface area contributed by atoms with Gasteiger partial charge in [0.1, 0.15) is 12.1 Å². The Kier molecular flexibility index (Phi) is 10.5. The van der Waals surface area contributed by atoms with Gasteiger partial charge in [0.25, 0.3) is 0 Å². The number of para-hydroxylation sites is 1. The fourth-order valence-corrected chi connectivity index (χ4v) is 3.47. The van der Waals surface area contributed by atoms with Crippen LogP contribution in [0.3, 0.4) is 0 Å². The molecule has 13 nitrogen and oxygen atoms in total. The fourth-order valence-electron chi connectivity index (χ4n) is 3.47. The number of aliphatic imine (C=N–C) groups is 1. The normalized spacial score (nSPS) is 12.3. The number of hydrogen-bond donors (Lipinski definition) is 8. The molecule has 0 saturated heterocycles. The summed E-state index contributed by atoms with van der Waals surface area (Å²) in [6, 6.07) is 5.85. The molecule has 0 bridgehead atoms. The molecule has 35 heavy (non-hydrogen) atoms. The van der Waals surface area contributed by atoms with E-state index in [9.17, 15) is 19.2 Å². The molecule has 1 aromatic carbocycles. The Labute approximate surface area is 202 Å². The van der Waals surface area contributed by atoms with Crippen molar-refractivity contribution in [2.75, 3.05) is 26.7 Å². The van der Waals surface area contributed by atoms with E-state index in [0.29, 0.717) is 6.42 Å². The number of guanidine groups is 1. The molecular formula is C22H33N9O4. The number of aromatic nitrogens is 1. The highest BCUT2D eigenvalue weighted by atomic mass is 16.2. The highest BCUT2D eigenvalue weighted by molar-refractivity contribution is 5.93. The summed E-state index contributed by atoms with van der Waals surface area (Å²) in [5.74, 6) is -2.10. The molecule has 11 N–H and O–H groups in total. The minimum absolute atomic E-state index is 0.0769. The Morgan fingerprint density at radius 1 is 1.03 bits per heavy atom. The number of amides is 4. The van der Waals surface area contributed by atoms with Crippen LogP contribution in [0.1, 0.15) is 18.4 Å². The van der Waals surface area contributed by atoms with Crippen LogP contribution in [0.5, 0.6) is 0 Å². The molecule has 4 amide bonds. The molecule has 0 saturated carbocycles. The lowest BCUT2D eigenvalue weighted by Gasteiger charge is -2.19. The van der Waals surface area contributed by atoms with Crippen LogP contribution in [0.25, 0.3) is 10.9 Å². The SMILES string of the molecule is CNC(=O)C(Cc1c[nH]c2ccccc12)NC(=O)CNC(=O)C(CCCN=C(N)N)NC(=O)CN. The van der Waals surface area contributed by atoms with Crippen molar-refractivity contribution in [2.24, 2.45) is 22.2 Å². The summed E-state index contributed by atoms with van der Waals surface area (Å²) in [7, 11) is 1.48. The topological polar surface area (TPSA) is 223 Å². The van der Waals surface area contributed by atoms with E-state index >= 15 is 0 Å². The molecule has 0 radical (unpaired) electrons. The van der Waals surface area contributed by atoms with Crippen molar-refractivity contribution in [2.45, 2.75) is 31.3 Å². The molecule has 190 valence electrons. The van der Waals surface area contributed by atoms with Gasteiger partial charge in [0.05, 0.1) is 13.1 Å². The number of benzene rings is 1. The Morgan fingerprint density at radius 2 is 1.74 bits per heavy atom. The molecule has 0 aliphatic carbocycles. The van der Waals surface area contributed by atoms with Gasteiger partial charge in [0.2, 0.25) is 23.6 Å². The number of hydrogen-bond acceptors (Lipinski definition) is 6. The van der Waals surface area contributed by atoms with Gasteiger partial charge in [-0.1, -0.05) is 18.2 Å². The van der Waals surface area contributed by atoms with Crippen molar-refractivity contribution in [3.63, 3.8) is 0 Å². The van der Waals surface area contributed by atoms with E-state index < -0.39 is 29.8 Å². The second-order valence-corrected chi connectivity index (χ2v) is 7.79. The highest BCUT2D eigenvalue weighted by Gasteiger charge is 2.24. The number of nitrogens with one attached hydrogen (secondary N) is 5. The van der Waals surface area contributed by atoms with Crippen LogP contribution >= 0.6 is 0 Å². The first-order valence-electron chi connectivity index (χ1n) is 11.1. The van der Waals surface area contributed by atoms with Gasteiger partial charge in [-0.25, -0.2) is 0 Å². The number of fused-ring (bicyclic) bond motifs is 1. The standard InChI is InChI=1S/C22H33N9O4/c1-26-20(34)17(9-13-11-28-15-6-3-2-5-14(13)15)31-19(33)12-29-21(35)16(30-18(32)10-23)7-4-8-27-22(24)25/h2-3,5-6,11,16-17,28H,4,7-10,12,23H2,1H3,(H,26,34)(H,29,35)(H,30,32)(H,31,33)(H4,24,25,27). The summed E-state index contributed by atoms with van der Waals surface area (Å²) in [6.07, 6.45) is 2.69. The summed E-state index contributed by atoms with van der Waals surface area (Å²) < 4.78 is 0. The van der Waals surface area contributed by atoms with Crippen molar-refractivity contribution in [3.8, 4) is 0 Å². The van der Waals surface area contributed by atoms with Crippen molar-refractivity contribution < 1.29 is 19.2 Å². The summed E-state index contributed by atoms with van der Waals surface area (Å²) in [6.45, 7) is -0.407. The largest absolute Gasteiger partial charge is 0.370 e. The number of H-pyrrole nitrogens is 1. The van der Waals surface area contributed by atoms with Crippen LogP contribution in [-0.2, 0) is 25.6 Å². The van der Waals surface area contributed by atoms with Crippen LogP contribution in [0.15, 0.2) is 35.5 Å². The van der Waals surface area contributed by atoms with E-state index in [1.54, 1.807) is 6.20 Å². The third kappa shape index (κ3) is 8.62. The van der Waals surface area contributed by atoms with E-state index in [2.05, 4.69) is 31.2 Å². The maximum atomic E-state index is 12.6. The molecule has 0 aliphatic heterocycles. The Balaban J connectivity index is 1.97. The third-order valence-electron chi connectivity index (χ3n) is 5.20. The summed E-state index contributed by atoms with van der Waals surface area (Å²) >= 11 is 0. The predicted octanol–water partition coefficient (Wildman–Crippen LogP) is -2.45. The quantitative estimate of drug-likeness (QED) is 0.0864. The zero-order valence-electron chi connectivity index (χ0n) is 19.6. The lowest BCUT2D eigenvalue weighted by molar-refractivity contribution is -0.131. The van der Waals surface area contributed by atoms with Gasteiger partial charge in [-0.15, -0.1) is 0 Å². The van der Waals surface area contributed by atoms with Gasteiger partial charge >= 0.3 is 0 Å². The zero-order valence-corrected chi connectivity index (χ0v) is 19.6. The summed E-state index contributed by atoms with van der Waals surface area (Å²) in [4.78, 5) is 56.2. The van der Waals surface area contributed by atoms with Crippen LogP contribution in [0.4, 0.5) is 0 Å². The second-order valence-electron chi connectivity index (χ2n) is 7.79. The van der Waals surface area contributed by atoms with E-state index in [4.69, 9.17) is 17.2 Å². The molecular weight excluding hydrogens is 454 g/mol. The molecule has 2 rings (SSSR count). The molecule has 1 aromatic heterocycles. The minimum atomic E-state index is -0.922. The monoisotopic (exact) mass is 487 g/mol. The number of rotatable bonds is 13. The molecule has 2 unspecified atom stereocenters. The molecule has 1 heterocycles. The molecule has 0 aliphatic rings. The Bertz CT molecular complexity index is 1060. The molecule has 2 aromatic rings. The second kappa shape index (κ2) is 13.5. The molecule has 0 fully saturated rings. The first kappa shape index (κ1) is 27.1. The van der Waals surface area contributed by atoms with Crippen molar-refractivity contribution >= 4 is 40.5 Å². The van der Waals surface area contributed by atoms with Gasteiger partial charge in [-0.2, -0.15) is 0 Å². The molecule has 13 heteroatoms. The highest BCUT2D eigenvalue weighted by Crippen LogP contribution is 2.19. The smallest absolute Gasteiger partial charge is 0.243 e. The lowest BCUT2D eigenvalue weighted by Crippen LogP contribution is -2.53. The lowest BCUT2D eigenvalue weighted by atomic mass is 10.0. The van der Waals surface area contributed by atoms with E-state index in [1.807, 2.05) is 24.3 Å². The summed E-state index contributed by atoms with van der Waals surface area (Å²) in [5.41, 5.74) is 17.7. The fraction of sp³-hybridized carbons (Fsp3) is 0.409. The minimum Gasteiger partial charge on any atom is -0.370 e. The number of aromatic amines is 1. The molecule has 2 atom stereocenters. The van der Waals surface area contributed by atoms with E-state index in [0.717, 1.165) is 16.5 Å². The van der Waals surface area contributed by atoms with Crippen LogP contribution < -0.4 is 38.5 Å². The first-order chi connectivity index (χ1) is 16.7. The van der Waals surface area contributed by atoms with E-state index in [-0.39, 0.29) is 44.3 Å². The van der Waals surface area contributed by atoms with Gasteiger partial charge in [-0.3, -0.25) is 24.2 Å². The van der Waals surface area contributed by atoms with Crippen LogP contribution in [0.2, 0.25) is 0 Å². The maximum absolute atomic E-state index is 12.6. The number of nitrogens with zero attached hydrogens (tertiary/aromatic N) is 1. The predicted molar refractivity (Wildman–Crippen MR) is 132 cm³/mol. The van der Waals surface area contributed by atoms with Gasteiger partial charge in [0, 0.05) is 37.1 Å². The number of carbonyl (C=O) groups excluding carboxylic acids is 4.